The Morgan fingerprint density at radius 3 is 2.19 bits per heavy atom. The molecule has 0 heterocycles. The molecule has 1 aliphatic carbocycles. The van der Waals surface area contributed by atoms with Crippen LogP contribution in [0.2, 0.25) is 0 Å². The van der Waals surface area contributed by atoms with Gasteiger partial charge in [-0.15, -0.1) is 0 Å². The lowest BCUT2D eigenvalue weighted by Gasteiger charge is -2.35. The van der Waals surface area contributed by atoms with Crippen molar-refractivity contribution in [2.45, 2.75) is 51.1 Å². The van der Waals surface area contributed by atoms with E-state index in [1.54, 1.807) is 18.4 Å². The number of rotatable bonds is 5. The van der Waals surface area contributed by atoms with E-state index in [2.05, 4.69) is 0 Å². The Hall–Kier alpha value is -0.910. The second-order valence-corrected chi connectivity index (χ2v) is 7.97. The van der Waals surface area contributed by atoms with Crippen molar-refractivity contribution in [3.8, 4) is 0 Å². The predicted molar refractivity (Wildman–Crippen MR) is 86.2 cm³/mol. The van der Waals surface area contributed by atoms with Gasteiger partial charge in [0.2, 0.25) is 0 Å². The molecule has 2 rings (SSSR count). The molecule has 0 saturated heterocycles. The van der Waals surface area contributed by atoms with Crippen LogP contribution in [0.15, 0.2) is 30.3 Å². The van der Waals surface area contributed by atoms with Crippen molar-refractivity contribution in [3.63, 3.8) is 0 Å². The number of benzene rings is 1. The van der Waals surface area contributed by atoms with Gasteiger partial charge in [-0.1, -0.05) is 49.6 Å². The lowest BCUT2D eigenvalue weighted by atomic mass is 9.96. The molecule has 118 valence electrons. The van der Waals surface area contributed by atoms with Crippen molar-refractivity contribution in [3.05, 3.63) is 35.9 Å². The molecule has 5 heteroatoms. The summed E-state index contributed by atoms with van der Waals surface area (Å²) in [4.78, 5) is 0. The molecular weight excluding hydrogens is 284 g/mol. The molecule has 1 unspecified atom stereocenters. The fourth-order valence-corrected chi connectivity index (χ4v) is 4.49. The standard InChI is InChI=1S/C16H26N2O2S/c1-14(15-10-6-4-7-11-15)17(2)21(19,20)18(3)16-12-8-5-9-13-16/h4,6-7,10-11,14,16H,5,8-9,12-13H2,1-3H3. The van der Waals surface area contributed by atoms with E-state index >= 15 is 0 Å². The van der Waals surface area contributed by atoms with Gasteiger partial charge in [-0.2, -0.15) is 17.0 Å². The Kier molecular flexibility index (Phi) is 5.41. The summed E-state index contributed by atoms with van der Waals surface area (Å²) in [6, 6.07) is 9.75. The molecule has 1 saturated carbocycles. The summed E-state index contributed by atoms with van der Waals surface area (Å²) in [5.74, 6) is 0. The highest BCUT2D eigenvalue weighted by Crippen LogP contribution is 2.28. The minimum Gasteiger partial charge on any atom is -0.195 e. The van der Waals surface area contributed by atoms with E-state index in [0.29, 0.717) is 0 Å². The molecule has 1 atom stereocenters. The SMILES string of the molecule is CC(c1ccccc1)N(C)S(=O)(=O)N(C)C1CCCCC1. The summed E-state index contributed by atoms with van der Waals surface area (Å²) in [5.41, 5.74) is 1.01. The Bertz CT molecular complexity index is 539. The average molecular weight is 310 g/mol. The summed E-state index contributed by atoms with van der Waals surface area (Å²) in [5, 5.41) is 0. The predicted octanol–water partition coefficient (Wildman–Crippen LogP) is 3.19. The first-order valence-corrected chi connectivity index (χ1v) is 9.10. The molecule has 0 radical (unpaired) electrons. The Balaban J connectivity index is 2.14. The van der Waals surface area contributed by atoms with Gasteiger partial charge in [0, 0.05) is 26.2 Å². The van der Waals surface area contributed by atoms with Crippen molar-refractivity contribution < 1.29 is 8.42 Å². The summed E-state index contributed by atoms with van der Waals surface area (Å²) < 4.78 is 28.7. The van der Waals surface area contributed by atoms with Crippen LogP contribution < -0.4 is 0 Å². The minimum atomic E-state index is -3.42. The van der Waals surface area contributed by atoms with Crippen LogP contribution in [0.5, 0.6) is 0 Å². The lowest BCUT2D eigenvalue weighted by Crippen LogP contribution is -2.46. The summed E-state index contributed by atoms with van der Waals surface area (Å²) in [7, 11) is -0.0246. The number of nitrogens with zero attached hydrogens (tertiary/aromatic N) is 2. The molecule has 0 amide bonds. The highest BCUT2D eigenvalue weighted by molar-refractivity contribution is 7.86. The molecule has 0 aromatic heterocycles. The third kappa shape index (κ3) is 3.65. The van der Waals surface area contributed by atoms with E-state index in [1.807, 2.05) is 37.3 Å². The molecule has 0 N–H and O–H groups in total. The molecule has 0 aliphatic heterocycles. The van der Waals surface area contributed by atoms with Crippen LogP contribution in [0.4, 0.5) is 0 Å². The Morgan fingerprint density at radius 2 is 1.62 bits per heavy atom. The third-order valence-corrected chi connectivity index (χ3v) is 6.71. The monoisotopic (exact) mass is 310 g/mol. The van der Waals surface area contributed by atoms with E-state index < -0.39 is 10.2 Å². The second kappa shape index (κ2) is 6.90. The van der Waals surface area contributed by atoms with Crippen molar-refractivity contribution >= 4 is 10.2 Å². The highest BCUT2D eigenvalue weighted by Gasteiger charge is 2.33. The topological polar surface area (TPSA) is 40.6 Å². The van der Waals surface area contributed by atoms with Crippen LogP contribution in [-0.4, -0.2) is 37.2 Å². The molecule has 0 bridgehead atoms. The molecule has 4 nitrogen and oxygen atoms in total. The molecule has 21 heavy (non-hydrogen) atoms. The quantitative estimate of drug-likeness (QED) is 0.838. The van der Waals surface area contributed by atoms with Gasteiger partial charge in [-0.3, -0.25) is 0 Å². The first-order valence-electron chi connectivity index (χ1n) is 7.70. The minimum absolute atomic E-state index is 0.147. The van der Waals surface area contributed by atoms with Crippen molar-refractivity contribution in [2.24, 2.45) is 0 Å². The van der Waals surface area contributed by atoms with Gasteiger partial charge in [0.1, 0.15) is 0 Å². The summed E-state index contributed by atoms with van der Waals surface area (Å²) >= 11 is 0. The summed E-state index contributed by atoms with van der Waals surface area (Å²) in [6.45, 7) is 1.93. The maximum atomic E-state index is 12.8. The Morgan fingerprint density at radius 1 is 1.05 bits per heavy atom. The maximum absolute atomic E-state index is 12.8. The van der Waals surface area contributed by atoms with Gasteiger partial charge in [0.15, 0.2) is 0 Å². The Labute approximate surface area is 128 Å². The van der Waals surface area contributed by atoms with Crippen LogP contribution in [0.25, 0.3) is 0 Å². The molecular formula is C16H26N2O2S. The van der Waals surface area contributed by atoms with E-state index in [0.717, 1.165) is 31.2 Å². The van der Waals surface area contributed by atoms with Crippen LogP contribution in [0, 0.1) is 0 Å². The molecule has 1 aliphatic rings. The van der Waals surface area contributed by atoms with Gasteiger partial charge < -0.3 is 0 Å². The van der Waals surface area contributed by atoms with E-state index in [1.165, 1.54) is 10.7 Å². The van der Waals surface area contributed by atoms with Crippen molar-refractivity contribution in [2.75, 3.05) is 14.1 Å². The van der Waals surface area contributed by atoms with Crippen molar-refractivity contribution in [1.29, 1.82) is 0 Å². The van der Waals surface area contributed by atoms with E-state index in [4.69, 9.17) is 0 Å². The first kappa shape index (κ1) is 16.5. The molecule has 1 aromatic carbocycles. The fourth-order valence-electron chi connectivity index (χ4n) is 2.98. The third-order valence-electron chi connectivity index (χ3n) is 4.64. The van der Waals surface area contributed by atoms with Gasteiger partial charge in [0.05, 0.1) is 0 Å². The van der Waals surface area contributed by atoms with Gasteiger partial charge >= 0.3 is 0 Å². The fraction of sp³-hybridized carbons (Fsp3) is 0.625. The van der Waals surface area contributed by atoms with Crippen LogP contribution in [0.3, 0.4) is 0 Å². The summed E-state index contributed by atoms with van der Waals surface area (Å²) in [6.07, 6.45) is 5.43. The average Bonchev–Trinajstić information content (AvgIpc) is 2.54. The lowest BCUT2D eigenvalue weighted by molar-refractivity contribution is 0.260. The maximum Gasteiger partial charge on any atom is 0.282 e. The normalized spacial score (nSPS) is 19.1. The number of hydrogen-bond donors (Lipinski definition) is 0. The van der Waals surface area contributed by atoms with E-state index in [9.17, 15) is 8.42 Å². The zero-order chi connectivity index (χ0) is 15.5. The highest BCUT2D eigenvalue weighted by atomic mass is 32.2. The zero-order valence-corrected chi connectivity index (χ0v) is 14.0. The van der Waals surface area contributed by atoms with Crippen molar-refractivity contribution in [1.82, 2.24) is 8.61 Å². The van der Waals surface area contributed by atoms with Gasteiger partial charge in [-0.25, -0.2) is 0 Å². The largest absolute Gasteiger partial charge is 0.282 e. The second-order valence-electron chi connectivity index (χ2n) is 5.92. The molecule has 1 fully saturated rings. The molecule has 0 spiro atoms. The van der Waals surface area contributed by atoms with E-state index in [-0.39, 0.29) is 12.1 Å². The van der Waals surface area contributed by atoms with Gasteiger partial charge in [-0.05, 0) is 25.3 Å². The van der Waals surface area contributed by atoms with Crippen LogP contribution in [-0.2, 0) is 10.2 Å². The molecule has 1 aromatic rings. The smallest absolute Gasteiger partial charge is 0.195 e. The van der Waals surface area contributed by atoms with Crippen LogP contribution in [0.1, 0.15) is 50.6 Å². The first-order chi connectivity index (χ1) is 9.94. The van der Waals surface area contributed by atoms with Crippen LogP contribution >= 0.6 is 0 Å². The number of hydrogen-bond acceptors (Lipinski definition) is 2. The van der Waals surface area contributed by atoms with Gasteiger partial charge in [0.25, 0.3) is 10.2 Å². The zero-order valence-electron chi connectivity index (χ0n) is 13.2.